The van der Waals surface area contributed by atoms with Crippen molar-refractivity contribution in [3.63, 3.8) is 0 Å². The van der Waals surface area contributed by atoms with Crippen LogP contribution in [0.2, 0.25) is 0 Å². The molecule has 16 heavy (non-hydrogen) atoms. The Morgan fingerprint density at radius 2 is 1.38 bits per heavy atom. The van der Waals surface area contributed by atoms with Crippen LogP contribution >= 0.6 is 7.60 Å². The van der Waals surface area contributed by atoms with Gasteiger partial charge < -0.3 is 48.0 Å². The first kappa shape index (κ1) is 42.8. The fourth-order valence-electron chi connectivity index (χ4n) is 0.295. The van der Waals surface area contributed by atoms with Crippen molar-refractivity contribution >= 4 is 13.6 Å². The normalized spacial score (nSPS) is 7.12. The van der Waals surface area contributed by atoms with Gasteiger partial charge in [0.15, 0.2) is 0 Å². The van der Waals surface area contributed by atoms with Gasteiger partial charge in [-0.1, -0.05) is 7.60 Å². The van der Waals surface area contributed by atoms with Crippen molar-refractivity contribution in [2.45, 2.75) is 0 Å². The Labute approximate surface area is 222 Å². The van der Waals surface area contributed by atoms with Gasteiger partial charge in [0.1, 0.15) is 0 Å². The smallest absolute Gasteiger partial charge is 0.810 e. The van der Waals surface area contributed by atoms with Gasteiger partial charge in [0.25, 0.3) is 0 Å². The second kappa shape index (κ2) is 24.4. The molecular formula is C3H14K3N4O5P. The summed E-state index contributed by atoms with van der Waals surface area (Å²) in [5.74, 6) is -1.45. The largest absolute Gasteiger partial charge is 1.00 e. The molecule has 0 aliphatic rings. The fraction of sp³-hybridized carbons (Fsp3) is 0.667. The number of rotatable bonds is 4. The minimum atomic E-state index is -4.62. The van der Waals surface area contributed by atoms with E-state index in [1.54, 1.807) is 0 Å². The van der Waals surface area contributed by atoms with E-state index in [4.69, 9.17) is 0 Å². The summed E-state index contributed by atoms with van der Waals surface area (Å²) in [7, 11) is -4.62. The van der Waals surface area contributed by atoms with Crippen molar-refractivity contribution in [3.05, 3.63) is 0 Å². The van der Waals surface area contributed by atoms with E-state index in [-0.39, 0.29) is 173 Å². The number of carboxylic acid groups (broad SMARTS) is 1. The van der Waals surface area contributed by atoms with Gasteiger partial charge >= 0.3 is 154 Å². The molecule has 10 N–H and O–H groups in total. The molecule has 0 saturated carbocycles. The van der Waals surface area contributed by atoms with Gasteiger partial charge in [-0.15, -0.1) is 0 Å². The monoisotopic (exact) mass is 334 g/mol. The molecule has 0 saturated heterocycles. The van der Waals surface area contributed by atoms with E-state index in [0.717, 1.165) is 0 Å². The van der Waals surface area contributed by atoms with Crippen LogP contribution in [-0.2, 0) is 9.36 Å². The van der Waals surface area contributed by atoms with Crippen LogP contribution in [-0.4, -0.2) is 18.8 Å². The van der Waals surface area contributed by atoms with Crippen molar-refractivity contribution in [2.24, 2.45) is 0 Å². The van der Waals surface area contributed by atoms with E-state index in [1.807, 2.05) is 5.32 Å². The molecule has 0 atom stereocenters. The van der Waals surface area contributed by atoms with Crippen molar-refractivity contribution in [3.8, 4) is 0 Å². The molecule has 0 aromatic heterocycles. The Morgan fingerprint density at radius 3 is 1.56 bits per heavy atom. The molecule has 0 aliphatic heterocycles. The van der Waals surface area contributed by atoms with Gasteiger partial charge in [-0.25, -0.2) is 0 Å². The molecule has 13 heteroatoms. The third-order valence-electron chi connectivity index (χ3n) is 0.575. The average Bonchev–Trinajstić information content (AvgIpc) is 1.59. The van der Waals surface area contributed by atoms with E-state index < -0.39 is 26.4 Å². The van der Waals surface area contributed by atoms with Crippen LogP contribution in [0, 0.1) is 0 Å². The molecular weight excluding hydrogens is 320 g/mol. The summed E-state index contributed by atoms with van der Waals surface area (Å²) in [6.07, 6.45) is -0.860. The third-order valence-corrected chi connectivity index (χ3v) is 1.19. The maximum absolute atomic E-state index is 9.81. The zero-order valence-electron chi connectivity index (χ0n) is 10.0. The molecule has 0 amide bonds. The first-order valence-electron chi connectivity index (χ1n) is 2.33. The van der Waals surface area contributed by atoms with E-state index in [1.165, 1.54) is 0 Å². The minimum absolute atomic E-state index is 0. The summed E-state index contributed by atoms with van der Waals surface area (Å²) in [6, 6.07) is 0. The molecule has 0 fully saturated rings. The number of aliphatic carboxylic acids is 1. The van der Waals surface area contributed by atoms with Crippen LogP contribution in [0.15, 0.2) is 0 Å². The molecule has 0 heterocycles. The van der Waals surface area contributed by atoms with Crippen LogP contribution in [0.1, 0.15) is 0 Å². The average molecular weight is 334 g/mol. The van der Waals surface area contributed by atoms with Crippen LogP contribution in [0.5, 0.6) is 0 Å². The molecule has 0 aromatic rings. The molecule has 0 unspecified atom stereocenters. The molecule has 0 aromatic carbocycles. The van der Waals surface area contributed by atoms with Gasteiger partial charge in [-0.05, 0) is 0 Å². The topological polar surface area (TPSA) is 220 Å². The van der Waals surface area contributed by atoms with Gasteiger partial charge in [0.05, 0.1) is 5.97 Å². The molecule has 0 rings (SSSR count). The Kier molecular flexibility index (Phi) is 65.2. The van der Waals surface area contributed by atoms with Crippen molar-refractivity contribution in [1.29, 1.82) is 0 Å². The van der Waals surface area contributed by atoms with Gasteiger partial charge in [-0.3, -0.25) is 0 Å². The number of carbonyl (C=O) groups is 1. The molecule has 0 bridgehead atoms. The summed E-state index contributed by atoms with van der Waals surface area (Å²) in [6.45, 7) is -0.630. The number of carbonyl (C=O) groups excluding carboxylic acids is 1. The minimum Gasteiger partial charge on any atom is -0.810 e. The number of hydrogen-bond acceptors (Lipinski definition) is 9. The Balaban J connectivity index is -0.0000000270. The van der Waals surface area contributed by atoms with Gasteiger partial charge in [0, 0.05) is 12.8 Å². The molecule has 0 radical (unpaired) electrons. The zero-order chi connectivity index (χ0) is 8.20. The first-order valence-corrected chi connectivity index (χ1v) is 4.06. The maximum Gasteiger partial charge on any atom is 1.00 e. The fourth-order valence-corrected chi connectivity index (χ4v) is 0.681. The zero-order valence-corrected chi connectivity index (χ0v) is 20.3. The third kappa shape index (κ3) is 42.9. The SMILES string of the molecule is N.N.N.O=C([O-])CNCP(=O)([O-])[O-].[K+].[K+].[K+]. The Morgan fingerprint density at radius 1 is 1.06 bits per heavy atom. The van der Waals surface area contributed by atoms with Crippen molar-refractivity contribution in [2.75, 3.05) is 12.8 Å². The quantitative estimate of drug-likeness (QED) is 0.282. The standard InChI is InChI=1S/C3H8NO5P.3K.3H3N/c5-3(6)1-4-2-10(7,8)9;;;;;;/h4H,1-2H2,(H,5,6)(H2,7,8,9);;;;3*1H3/q;3*+1;;;/p-3. The summed E-state index contributed by atoms with van der Waals surface area (Å²) in [4.78, 5) is 29.2. The van der Waals surface area contributed by atoms with E-state index >= 15 is 0 Å². The molecule has 9 nitrogen and oxygen atoms in total. The van der Waals surface area contributed by atoms with E-state index in [0.29, 0.717) is 0 Å². The number of nitrogens with one attached hydrogen (secondary N) is 1. The van der Waals surface area contributed by atoms with E-state index in [2.05, 4.69) is 0 Å². The van der Waals surface area contributed by atoms with E-state index in [9.17, 15) is 24.3 Å². The Hall–Kier alpha value is 4.37. The maximum atomic E-state index is 9.81. The predicted octanol–water partition coefficient (Wildman–Crippen LogP) is -12.3. The summed E-state index contributed by atoms with van der Waals surface area (Å²) in [5, 5.41) is 11.5. The summed E-state index contributed by atoms with van der Waals surface area (Å²) < 4.78 is 9.81. The second-order valence-electron chi connectivity index (χ2n) is 1.57. The Bertz CT molecular complexity index is 180. The second-order valence-corrected chi connectivity index (χ2v) is 3.11. The summed E-state index contributed by atoms with van der Waals surface area (Å²) in [5.41, 5.74) is 0. The summed E-state index contributed by atoms with van der Waals surface area (Å²) >= 11 is 0. The molecule has 0 spiro atoms. The van der Waals surface area contributed by atoms with Crippen LogP contribution in [0.4, 0.5) is 0 Å². The predicted molar refractivity (Wildman–Crippen MR) is 40.5 cm³/mol. The van der Waals surface area contributed by atoms with Gasteiger partial charge in [0.2, 0.25) is 0 Å². The van der Waals surface area contributed by atoms with Crippen LogP contribution in [0.25, 0.3) is 0 Å². The molecule has 0 aliphatic carbocycles. The number of carboxylic acids is 1. The molecule has 84 valence electrons. The number of hydrogen-bond donors (Lipinski definition) is 4. The van der Waals surface area contributed by atoms with Crippen LogP contribution < -0.4 is 193 Å². The van der Waals surface area contributed by atoms with Crippen molar-refractivity contribution in [1.82, 2.24) is 23.8 Å². The first-order chi connectivity index (χ1) is 4.42. The van der Waals surface area contributed by atoms with Crippen LogP contribution in [0.3, 0.4) is 0 Å². The van der Waals surface area contributed by atoms with Crippen molar-refractivity contribution < 1.29 is 178 Å². The van der Waals surface area contributed by atoms with Gasteiger partial charge in [-0.2, -0.15) is 0 Å².